The zero-order valence-corrected chi connectivity index (χ0v) is 10.9. The average molecular weight is 267 g/mol. The lowest BCUT2D eigenvalue weighted by Crippen LogP contribution is -2.49. The van der Waals surface area contributed by atoms with Crippen LogP contribution in [0.15, 0.2) is 24.3 Å². The van der Waals surface area contributed by atoms with Gasteiger partial charge in [0, 0.05) is 0 Å². The highest BCUT2D eigenvalue weighted by atomic mass is 19.1. The van der Waals surface area contributed by atoms with Gasteiger partial charge < -0.3 is 16.4 Å². The van der Waals surface area contributed by atoms with Crippen molar-refractivity contribution in [3.63, 3.8) is 0 Å². The number of carbonyl (C=O) groups excluding carboxylic acids is 2. The minimum atomic E-state index is -0.790. The van der Waals surface area contributed by atoms with E-state index in [9.17, 15) is 14.0 Å². The lowest BCUT2D eigenvalue weighted by atomic mass is 9.98. The van der Waals surface area contributed by atoms with Crippen molar-refractivity contribution in [1.82, 2.24) is 5.32 Å². The maximum Gasteiger partial charge on any atom is 0.312 e. The van der Waals surface area contributed by atoms with Crippen molar-refractivity contribution < 1.29 is 14.0 Å². The summed E-state index contributed by atoms with van der Waals surface area (Å²) >= 11 is 0. The molecule has 6 heteroatoms. The lowest BCUT2D eigenvalue weighted by molar-refractivity contribution is -0.119. The molecular weight excluding hydrogens is 249 g/mol. The summed E-state index contributed by atoms with van der Waals surface area (Å²) in [5, 5.41) is 4.82. The van der Waals surface area contributed by atoms with Crippen LogP contribution in [0.3, 0.4) is 0 Å². The minimum Gasteiger partial charge on any atom is -0.352 e. The number of para-hydroxylation sites is 1. The second-order valence-corrected chi connectivity index (χ2v) is 4.34. The number of anilines is 1. The van der Waals surface area contributed by atoms with Gasteiger partial charge in [0.1, 0.15) is 11.9 Å². The van der Waals surface area contributed by atoms with Crippen LogP contribution >= 0.6 is 0 Å². The Balaban J connectivity index is 2.82. The molecule has 4 N–H and O–H groups in total. The Bertz CT molecular complexity index is 465. The first-order chi connectivity index (χ1) is 8.95. The Morgan fingerprint density at radius 1 is 1.37 bits per heavy atom. The van der Waals surface area contributed by atoms with Crippen LogP contribution in [-0.4, -0.2) is 18.0 Å². The van der Waals surface area contributed by atoms with E-state index >= 15 is 0 Å². The van der Waals surface area contributed by atoms with E-state index in [1.807, 2.05) is 13.8 Å². The summed E-state index contributed by atoms with van der Waals surface area (Å²) < 4.78 is 13.4. The number of nitrogens with two attached hydrogens (primary N) is 1. The highest BCUT2D eigenvalue weighted by Crippen LogP contribution is 2.15. The summed E-state index contributed by atoms with van der Waals surface area (Å²) in [6, 6.07) is 4.26. The van der Waals surface area contributed by atoms with E-state index in [2.05, 4.69) is 10.6 Å². The Morgan fingerprint density at radius 2 is 2.00 bits per heavy atom. The number of carbonyl (C=O) groups is 2. The van der Waals surface area contributed by atoms with Gasteiger partial charge in [0.15, 0.2) is 0 Å². The van der Waals surface area contributed by atoms with Gasteiger partial charge >= 0.3 is 6.03 Å². The van der Waals surface area contributed by atoms with Crippen molar-refractivity contribution in [3.8, 4) is 0 Å². The molecule has 1 aromatic rings. The van der Waals surface area contributed by atoms with E-state index in [1.54, 1.807) is 6.07 Å². The van der Waals surface area contributed by atoms with Gasteiger partial charge in [0.05, 0.1) is 5.69 Å². The van der Waals surface area contributed by atoms with Gasteiger partial charge in [-0.25, -0.2) is 9.18 Å². The first-order valence-corrected chi connectivity index (χ1v) is 6.07. The van der Waals surface area contributed by atoms with E-state index in [0.29, 0.717) is 6.42 Å². The molecule has 104 valence electrons. The summed E-state index contributed by atoms with van der Waals surface area (Å²) in [5.41, 5.74) is 5.12. The van der Waals surface area contributed by atoms with Crippen molar-refractivity contribution in [1.29, 1.82) is 0 Å². The summed E-state index contributed by atoms with van der Waals surface area (Å²) in [4.78, 5) is 23.0. The number of hydrogen-bond acceptors (Lipinski definition) is 2. The molecule has 1 aromatic carbocycles. The minimum absolute atomic E-state index is 0.0760. The van der Waals surface area contributed by atoms with Crippen molar-refractivity contribution in [3.05, 3.63) is 30.1 Å². The molecular formula is C13H18FN3O2. The molecule has 0 bridgehead atoms. The largest absolute Gasteiger partial charge is 0.352 e. The number of urea groups is 1. The Morgan fingerprint density at radius 3 is 2.53 bits per heavy atom. The molecule has 0 fully saturated rings. The molecule has 5 nitrogen and oxygen atoms in total. The number of halogens is 1. The molecule has 0 heterocycles. The van der Waals surface area contributed by atoms with Gasteiger partial charge in [0.25, 0.3) is 0 Å². The van der Waals surface area contributed by atoms with Crippen molar-refractivity contribution in [2.75, 3.05) is 5.32 Å². The first-order valence-electron chi connectivity index (χ1n) is 6.07. The zero-order valence-electron chi connectivity index (χ0n) is 10.9. The van der Waals surface area contributed by atoms with E-state index < -0.39 is 23.8 Å². The fraction of sp³-hybridized carbons (Fsp3) is 0.385. The molecule has 0 saturated heterocycles. The van der Waals surface area contributed by atoms with Crippen LogP contribution in [0.2, 0.25) is 0 Å². The molecule has 0 aliphatic heterocycles. The number of nitrogens with one attached hydrogen (secondary N) is 2. The quantitative estimate of drug-likeness (QED) is 0.760. The van der Waals surface area contributed by atoms with Gasteiger partial charge in [-0.2, -0.15) is 0 Å². The maximum absolute atomic E-state index is 13.4. The first kappa shape index (κ1) is 14.9. The fourth-order valence-electron chi connectivity index (χ4n) is 1.63. The number of benzene rings is 1. The van der Waals surface area contributed by atoms with Crippen LogP contribution in [0.5, 0.6) is 0 Å². The molecule has 19 heavy (non-hydrogen) atoms. The highest BCUT2D eigenvalue weighted by molar-refractivity contribution is 5.97. The smallest absolute Gasteiger partial charge is 0.312 e. The van der Waals surface area contributed by atoms with E-state index in [1.165, 1.54) is 18.2 Å². The predicted octanol–water partition coefficient (Wildman–Crippen LogP) is 1.85. The SMILES string of the molecule is CC[C@@H](C)[C@H](NC(N)=O)C(=O)Nc1ccccc1F. The molecule has 1 rings (SSSR count). The van der Waals surface area contributed by atoms with Gasteiger partial charge in [-0.3, -0.25) is 4.79 Å². The van der Waals surface area contributed by atoms with Crippen LogP contribution in [0.4, 0.5) is 14.9 Å². The van der Waals surface area contributed by atoms with Crippen LogP contribution < -0.4 is 16.4 Å². The second-order valence-electron chi connectivity index (χ2n) is 4.34. The Hall–Kier alpha value is -2.11. The predicted molar refractivity (Wildman–Crippen MR) is 71.0 cm³/mol. The topological polar surface area (TPSA) is 84.2 Å². The third-order valence-corrected chi connectivity index (χ3v) is 2.92. The van der Waals surface area contributed by atoms with Crippen LogP contribution in [0.1, 0.15) is 20.3 Å². The summed E-state index contributed by atoms with van der Waals surface area (Å²) in [5.74, 6) is -1.13. The third-order valence-electron chi connectivity index (χ3n) is 2.92. The Labute approximate surface area is 111 Å². The van der Waals surface area contributed by atoms with Crippen LogP contribution in [0.25, 0.3) is 0 Å². The standard InChI is InChI=1S/C13H18FN3O2/c1-3-8(2)11(17-13(15)19)12(18)16-10-7-5-4-6-9(10)14/h4-8,11H,3H2,1-2H3,(H,16,18)(H3,15,17,19)/t8-,11+/m1/s1. The summed E-state index contributed by atoms with van der Waals surface area (Å²) in [7, 11) is 0. The molecule has 0 saturated carbocycles. The normalized spacial score (nSPS) is 13.4. The van der Waals surface area contributed by atoms with Crippen molar-refractivity contribution >= 4 is 17.6 Å². The lowest BCUT2D eigenvalue weighted by Gasteiger charge is -2.22. The number of amides is 3. The number of hydrogen-bond donors (Lipinski definition) is 3. The molecule has 3 amide bonds. The number of primary amides is 1. The molecule has 0 aromatic heterocycles. The molecule has 2 atom stereocenters. The molecule has 0 radical (unpaired) electrons. The van der Waals surface area contributed by atoms with E-state index in [0.717, 1.165) is 0 Å². The van der Waals surface area contributed by atoms with Gasteiger partial charge in [-0.15, -0.1) is 0 Å². The zero-order chi connectivity index (χ0) is 14.4. The van der Waals surface area contributed by atoms with Crippen molar-refractivity contribution in [2.24, 2.45) is 11.7 Å². The highest BCUT2D eigenvalue weighted by Gasteiger charge is 2.25. The fourth-order valence-corrected chi connectivity index (χ4v) is 1.63. The Kier molecular flexibility index (Phi) is 5.29. The van der Waals surface area contributed by atoms with Crippen molar-refractivity contribution in [2.45, 2.75) is 26.3 Å². The second kappa shape index (κ2) is 6.72. The molecule has 0 aliphatic rings. The van der Waals surface area contributed by atoms with Gasteiger partial charge in [-0.05, 0) is 18.1 Å². The van der Waals surface area contributed by atoms with Gasteiger partial charge in [-0.1, -0.05) is 32.4 Å². The average Bonchev–Trinajstić information content (AvgIpc) is 2.37. The third kappa shape index (κ3) is 4.24. The van der Waals surface area contributed by atoms with Crippen LogP contribution in [0, 0.1) is 11.7 Å². The van der Waals surface area contributed by atoms with Gasteiger partial charge in [0.2, 0.25) is 5.91 Å². The molecule has 0 spiro atoms. The summed E-state index contributed by atoms with van der Waals surface area (Å²) in [6.07, 6.45) is 0.676. The molecule has 0 unspecified atom stereocenters. The molecule has 0 aliphatic carbocycles. The summed E-state index contributed by atoms with van der Waals surface area (Å²) in [6.45, 7) is 3.69. The maximum atomic E-state index is 13.4. The van der Waals surface area contributed by atoms with E-state index in [-0.39, 0.29) is 11.6 Å². The van der Waals surface area contributed by atoms with E-state index in [4.69, 9.17) is 5.73 Å². The monoisotopic (exact) mass is 267 g/mol. The van der Waals surface area contributed by atoms with Crippen LogP contribution in [-0.2, 0) is 4.79 Å². The number of rotatable bonds is 5.